The third-order valence-corrected chi connectivity index (χ3v) is 7.26. The molecule has 5 rings (SSSR count). The molecule has 1 aliphatic rings. The first-order valence-electron chi connectivity index (χ1n) is 11.0. The average molecular weight is 497 g/mol. The van der Waals surface area contributed by atoms with E-state index in [9.17, 15) is 4.79 Å². The van der Waals surface area contributed by atoms with Crippen LogP contribution in [-0.4, -0.2) is 60.6 Å². The number of fused-ring (bicyclic) bond motifs is 1. The van der Waals surface area contributed by atoms with E-state index in [2.05, 4.69) is 4.90 Å². The number of carbonyl (C=O) groups excluding carboxylic acids is 1. The fourth-order valence-electron chi connectivity index (χ4n) is 4.22. The van der Waals surface area contributed by atoms with Gasteiger partial charge in [0, 0.05) is 59.7 Å². The summed E-state index contributed by atoms with van der Waals surface area (Å²) in [5.41, 5.74) is 3.85. The molecule has 176 valence electrons. The predicted molar refractivity (Wildman–Crippen MR) is 136 cm³/mol. The van der Waals surface area contributed by atoms with Gasteiger partial charge in [0.2, 0.25) is 5.91 Å². The van der Waals surface area contributed by atoms with Crippen LogP contribution in [0.1, 0.15) is 5.69 Å². The number of methoxy groups -OCH3 is 2. The lowest BCUT2D eigenvalue weighted by molar-refractivity contribution is -0.130. The lowest BCUT2D eigenvalue weighted by atomic mass is 10.1. The lowest BCUT2D eigenvalue weighted by Crippen LogP contribution is -2.49. The van der Waals surface area contributed by atoms with Gasteiger partial charge in [-0.1, -0.05) is 11.6 Å². The number of piperazine rings is 1. The van der Waals surface area contributed by atoms with Crippen molar-refractivity contribution in [3.05, 3.63) is 64.8 Å². The Balaban J connectivity index is 1.27. The number of halogens is 1. The maximum Gasteiger partial charge on any atom is 0.228 e. The number of carbonyl (C=O) groups is 1. The summed E-state index contributed by atoms with van der Waals surface area (Å²) in [4.78, 5) is 22.9. The number of rotatable bonds is 6. The van der Waals surface area contributed by atoms with Gasteiger partial charge < -0.3 is 19.3 Å². The quantitative estimate of drug-likeness (QED) is 0.389. The molecule has 3 heterocycles. The number of hydrogen-bond donors (Lipinski definition) is 0. The van der Waals surface area contributed by atoms with E-state index >= 15 is 0 Å². The number of ether oxygens (including phenoxy) is 2. The van der Waals surface area contributed by atoms with Crippen LogP contribution in [0.25, 0.3) is 16.2 Å². The number of hydrogen-bond acceptors (Lipinski definition) is 6. The molecule has 0 saturated carbocycles. The van der Waals surface area contributed by atoms with E-state index in [1.807, 2.05) is 63.3 Å². The minimum atomic E-state index is 0.136. The number of aromatic nitrogens is 2. The molecule has 0 atom stereocenters. The largest absolute Gasteiger partial charge is 0.493 e. The number of amides is 1. The summed E-state index contributed by atoms with van der Waals surface area (Å²) in [6, 6.07) is 13.6. The van der Waals surface area contributed by atoms with Crippen molar-refractivity contribution in [2.45, 2.75) is 6.42 Å². The van der Waals surface area contributed by atoms with Crippen molar-refractivity contribution in [1.82, 2.24) is 14.3 Å². The third-order valence-electron chi connectivity index (χ3n) is 6.12. The smallest absolute Gasteiger partial charge is 0.228 e. The van der Waals surface area contributed by atoms with Crippen LogP contribution in [0, 0.1) is 0 Å². The second kappa shape index (κ2) is 9.56. The highest BCUT2D eigenvalue weighted by Crippen LogP contribution is 2.33. The Morgan fingerprint density at radius 3 is 2.47 bits per heavy atom. The van der Waals surface area contributed by atoms with Gasteiger partial charge in [-0.25, -0.2) is 4.98 Å². The Kier molecular flexibility index (Phi) is 6.34. The predicted octanol–water partition coefficient (Wildman–Crippen LogP) is 4.62. The van der Waals surface area contributed by atoms with E-state index < -0.39 is 0 Å². The summed E-state index contributed by atoms with van der Waals surface area (Å²) in [5, 5.41) is 2.75. The van der Waals surface area contributed by atoms with Crippen LogP contribution in [0.4, 0.5) is 5.69 Å². The van der Waals surface area contributed by atoms with Gasteiger partial charge in [0.05, 0.1) is 26.3 Å². The first kappa shape index (κ1) is 22.6. The summed E-state index contributed by atoms with van der Waals surface area (Å²) < 4.78 is 12.8. The summed E-state index contributed by atoms with van der Waals surface area (Å²) in [7, 11) is 3.23. The van der Waals surface area contributed by atoms with Crippen molar-refractivity contribution < 1.29 is 14.3 Å². The van der Waals surface area contributed by atoms with Crippen LogP contribution in [0.2, 0.25) is 5.02 Å². The molecular formula is C25H25ClN4O3S. The van der Waals surface area contributed by atoms with E-state index in [4.69, 9.17) is 26.1 Å². The molecule has 0 spiro atoms. The third kappa shape index (κ3) is 4.43. The number of imidazole rings is 1. The van der Waals surface area contributed by atoms with Gasteiger partial charge in [0.25, 0.3) is 0 Å². The second-order valence-electron chi connectivity index (χ2n) is 8.10. The zero-order valence-electron chi connectivity index (χ0n) is 19.0. The summed E-state index contributed by atoms with van der Waals surface area (Å²) >= 11 is 7.54. The fourth-order valence-corrected chi connectivity index (χ4v) is 5.22. The normalized spacial score (nSPS) is 14.0. The number of anilines is 1. The van der Waals surface area contributed by atoms with Gasteiger partial charge in [-0.2, -0.15) is 0 Å². The van der Waals surface area contributed by atoms with Crippen LogP contribution in [0.15, 0.2) is 54.0 Å². The van der Waals surface area contributed by atoms with E-state index in [-0.39, 0.29) is 5.91 Å². The van der Waals surface area contributed by atoms with Crippen LogP contribution < -0.4 is 14.4 Å². The SMILES string of the molecule is COc1ccc(-c2cn3c(CC(=O)N4CCN(c5ccc(Cl)cc5)CC4)csc3n2)cc1OC. The minimum absolute atomic E-state index is 0.136. The molecule has 2 aromatic carbocycles. The van der Waals surface area contributed by atoms with Crippen molar-refractivity contribution in [3.63, 3.8) is 0 Å². The standard InChI is InChI=1S/C25H25ClN4O3S/c1-32-22-8-3-17(13-23(22)33-2)21-15-30-20(16-34-25(30)27-21)14-24(31)29-11-9-28(10-12-29)19-6-4-18(26)5-7-19/h3-8,13,15-16H,9-12,14H2,1-2H3. The number of benzene rings is 2. The first-order valence-corrected chi connectivity index (χ1v) is 12.3. The fraction of sp³-hybridized carbons (Fsp3) is 0.280. The van der Waals surface area contributed by atoms with E-state index in [1.54, 1.807) is 25.6 Å². The van der Waals surface area contributed by atoms with Gasteiger partial charge in [0.15, 0.2) is 16.5 Å². The first-order chi connectivity index (χ1) is 16.6. The van der Waals surface area contributed by atoms with Crippen LogP contribution in [0.5, 0.6) is 11.5 Å². The Labute approximate surface area is 207 Å². The molecule has 0 bridgehead atoms. The molecule has 0 N–H and O–H groups in total. The van der Waals surface area contributed by atoms with Crippen LogP contribution in [-0.2, 0) is 11.2 Å². The molecule has 1 aliphatic heterocycles. The van der Waals surface area contributed by atoms with Gasteiger partial charge >= 0.3 is 0 Å². The Hall–Kier alpha value is -3.23. The molecule has 1 amide bonds. The molecule has 0 radical (unpaired) electrons. The molecule has 34 heavy (non-hydrogen) atoms. The van der Waals surface area contributed by atoms with Gasteiger partial charge in [-0.05, 0) is 42.5 Å². The lowest BCUT2D eigenvalue weighted by Gasteiger charge is -2.36. The molecule has 7 nitrogen and oxygen atoms in total. The highest BCUT2D eigenvalue weighted by atomic mass is 35.5. The zero-order valence-corrected chi connectivity index (χ0v) is 20.6. The van der Waals surface area contributed by atoms with Gasteiger partial charge in [-0.15, -0.1) is 11.3 Å². The molecular weight excluding hydrogens is 472 g/mol. The zero-order chi connectivity index (χ0) is 23.7. The number of thiazole rings is 1. The topological polar surface area (TPSA) is 59.3 Å². The average Bonchev–Trinajstić information content (AvgIpc) is 3.46. The Bertz CT molecular complexity index is 1310. The minimum Gasteiger partial charge on any atom is -0.493 e. The molecule has 0 aliphatic carbocycles. The van der Waals surface area contributed by atoms with Crippen molar-refractivity contribution in [2.75, 3.05) is 45.3 Å². The highest BCUT2D eigenvalue weighted by molar-refractivity contribution is 7.15. The summed E-state index contributed by atoms with van der Waals surface area (Å²) in [6.45, 7) is 3.02. The highest BCUT2D eigenvalue weighted by Gasteiger charge is 2.23. The molecule has 1 saturated heterocycles. The summed E-state index contributed by atoms with van der Waals surface area (Å²) in [5.74, 6) is 1.47. The van der Waals surface area contributed by atoms with E-state index in [0.29, 0.717) is 31.0 Å². The van der Waals surface area contributed by atoms with Crippen molar-refractivity contribution in [3.8, 4) is 22.8 Å². The van der Waals surface area contributed by atoms with Crippen molar-refractivity contribution >= 4 is 39.5 Å². The van der Waals surface area contributed by atoms with E-state index in [0.717, 1.165) is 45.7 Å². The van der Waals surface area contributed by atoms with Crippen LogP contribution >= 0.6 is 22.9 Å². The maximum absolute atomic E-state index is 13.1. The van der Waals surface area contributed by atoms with Gasteiger partial charge in [0.1, 0.15) is 0 Å². The molecule has 1 fully saturated rings. The molecule has 2 aromatic heterocycles. The van der Waals surface area contributed by atoms with Crippen molar-refractivity contribution in [2.24, 2.45) is 0 Å². The van der Waals surface area contributed by atoms with Crippen molar-refractivity contribution in [1.29, 1.82) is 0 Å². The van der Waals surface area contributed by atoms with Gasteiger partial charge in [-0.3, -0.25) is 9.20 Å². The van der Waals surface area contributed by atoms with Crippen LogP contribution in [0.3, 0.4) is 0 Å². The molecule has 4 aromatic rings. The second-order valence-corrected chi connectivity index (χ2v) is 9.37. The monoisotopic (exact) mass is 496 g/mol. The Morgan fingerprint density at radius 1 is 1.03 bits per heavy atom. The van der Waals surface area contributed by atoms with E-state index in [1.165, 1.54) is 0 Å². The Morgan fingerprint density at radius 2 is 1.76 bits per heavy atom. The number of nitrogens with zero attached hydrogens (tertiary/aromatic N) is 4. The maximum atomic E-state index is 13.1. The summed E-state index contributed by atoms with van der Waals surface area (Å²) in [6.07, 6.45) is 2.33. The molecule has 9 heteroatoms. The molecule has 0 unspecified atom stereocenters.